The predicted octanol–water partition coefficient (Wildman–Crippen LogP) is 0.834. The summed E-state index contributed by atoms with van der Waals surface area (Å²) in [5.41, 5.74) is 1.18. The topological polar surface area (TPSA) is 90.8 Å². The molecule has 2 rings (SSSR count). The number of benzene rings is 1. The lowest BCUT2D eigenvalue weighted by atomic mass is 10.1. The van der Waals surface area contributed by atoms with Crippen LogP contribution in [0.4, 0.5) is 0 Å². The molecule has 104 valence electrons. The SMILES string of the molecule is C[C@@H](NC(=O)C1=CCN=C(C(=O)O)N1)c1ccccc1. The summed E-state index contributed by atoms with van der Waals surface area (Å²) >= 11 is 0. The van der Waals surface area contributed by atoms with Gasteiger partial charge >= 0.3 is 5.97 Å². The monoisotopic (exact) mass is 273 g/mol. The second-order valence-electron chi connectivity index (χ2n) is 4.34. The maximum absolute atomic E-state index is 12.1. The van der Waals surface area contributed by atoms with Gasteiger partial charge < -0.3 is 15.7 Å². The molecule has 1 amide bonds. The second kappa shape index (κ2) is 6.01. The molecular weight excluding hydrogens is 258 g/mol. The summed E-state index contributed by atoms with van der Waals surface area (Å²) in [6, 6.07) is 9.35. The smallest absolute Gasteiger partial charge is 0.371 e. The molecule has 0 saturated carbocycles. The number of nitrogens with zero attached hydrogens (tertiary/aromatic N) is 1. The fraction of sp³-hybridized carbons (Fsp3) is 0.214. The molecule has 0 aliphatic carbocycles. The summed E-state index contributed by atoms with van der Waals surface area (Å²) in [6.45, 7) is 2.04. The van der Waals surface area contributed by atoms with Gasteiger partial charge in [0.05, 0.1) is 12.6 Å². The zero-order chi connectivity index (χ0) is 14.5. The fourth-order valence-electron chi connectivity index (χ4n) is 1.82. The third-order valence-electron chi connectivity index (χ3n) is 2.89. The van der Waals surface area contributed by atoms with Crippen LogP contribution in [0.3, 0.4) is 0 Å². The fourth-order valence-corrected chi connectivity index (χ4v) is 1.82. The Bertz CT molecular complexity index is 579. The Labute approximate surface area is 116 Å². The number of nitrogens with one attached hydrogen (secondary N) is 2. The molecule has 1 aliphatic rings. The molecule has 0 radical (unpaired) electrons. The highest BCUT2D eigenvalue weighted by Crippen LogP contribution is 2.12. The molecule has 0 unspecified atom stereocenters. The number of carbonyl (C=O) groups excluding carboxylic acids is 1. The summed E-state index contributed by atoms with van der Waals surface area (Å²) < 4.78 is 0. The maximum Gasteiger partial charge on any atom is 0.371 e. The van der Waals surface area contributed by atoms with Crippen molar-refractivity contribution in [1.29, 1.82) is 0 Å². The lowest BCUT2D eigenvalue weighted by Crippen LogP contribution is -2.40. The first-order valence-electron chi connectivity index (χ1n) is 6.18. The van der Waals surface area contributed by atoms with Crippen LogP contribution in [0.1, 0.15) is 18.5 Å². The van der Waals surface area contributed by atoms with E-state index >= 15 is 0 Å². The third-order valence-corrected chi connectivity index (χ3v) is 2.89. The van der Waals surface area contributed by atoms with E-state index < -0.39 is 5.97 Å². The van der Waals surface area contributed by atoms with Crippen molar-refractivity contribution >= 4 is 17.7 Å². The van der Waals surface area contributed by atoms with Crippen LogP contribution in [0, 0.1) is 0 Å². The van der Waals surface area contributed by atoms with E-state index in [4.69, 9.17) is 5.11 Å². The van der Waals surface area contributed by atoms with E-state index in [1.165, 1.54) is 0 Å². The number of carbonyl (C=O) groups is 2. The lowest BCUT2D eigenvalue weighted by Gasteiger charge is -2.18. The molecule has 0 fully saturated rings. The van der Waals surface area contributed by atoms with Crippen molar-refractivity contribution in [3.63, 3.8) is 0 Å². The van der Waals surface area contributed by atoms with Crippen LogP contribution in [0.5, 0.6) is 0 Å². The van der Waals surface area contributed by atoms with Gasteiger partial charge in [-0.25, -0.2) is 4.79 Å². The molecule has 0 saturated heterocycles. The molecule has 1 aromatic carbocycles. The molecule has 20 heavy (non-hydrogen) atoms. The van der Waals surface area contributed by atoms with E-state index in [-0.39, 0.29) is 30.0 Å². The zero-order valence-electron chi connectivity index (χ0n) is 11.0. The number of aliphatic imine (C=N–C) groups is 1. The van der Waals surface area contributed by atoms with Gasteiger partial charge in [-0.15, -0.1) is 0 Å². The van der Waals surface area contributed by atoms with Crippen LogP contribution in [0.25, 0.3) is 0 Å². The second-order valence-corrected chi connectivity index (χ2v) is 4.34. The molecule has 0 aromatic heterocycles. The third kappa shape index (κ3) is 3.23. The first-order valence-corrected chi connectivity index (χ1v) is 6.18. The minimum absolute atomic E-state index is 0.168. The van der Waals surface area contributed by atoms with Crippen LogP contribution in [-0.4, -0.2) is 29.4 Å². The Morgan fingerprint density at radius 1 is 1.35 bits per heavy atom. The molecule has 0 spiro atoms. The van der Waals surface area contributed by atoms with Crippen molar-refractivity contribution in [3.8, 4) is 0 Å². The van der Waals surface area contributed by atoms with Gasteiger partial charge in [0.1, 0.15) is 5.70 Å². The highest BCUT2D eigenvalue weighted by Gasteiger charge is 2.20. The number of carboxylic acid groups (broad SMARTS) is 1. The van der Waals surface area contributed by atoms with Crippen molar-refractivity contribution in [1.82, 2.24) is 10.6 Å². The number of amides is 1. The molecule has 1 aliphatic heterocycles. The van der Waals surface area contributed by atoms with Crippen molar-refractivity contribution in [2.24, 2.45) is 4.99 Å². The molecule has 6 heteroatoms. The number of hydrogen-bond donors (Lipinski definition) is 3. The van der Waals surface area contributed by atoms with Crippen LogP contribution in [0.2, 0.25) is 0 Å². The summed E-state index contributed by atoms with van der Waals surface area (Å²) in [5, 5.41) is 14.2. The average Bonchev–Trinajstić information content (AvgIpc) is 2.48. The van der Waals surface area contributed by atoms with E-state index in [9.17, 15) is 9.59 Å². The number of carboxylic acids is 1. The summed E-state index contributed by atoms with van der Waals surface area (Å²) in [4.78, 5) is 26.6. The average molecular weight is 273 g/mol. The number of hydrogen-bond acceptors (Lipinski definition) is 4. The van der Waals surface area contributed by atoms with Gasteiger partial charge in [0, 0.05) is 0 Å². The molecule has 1 aromatic rings. The zero-order valence-corrected chi connectivity index (χ0v) is 11.0. The van der Waals surface area contributed by atoms with Crippen LogP contribution >= 0.6 is 0 Å². The molecular formula is C14H15N3O3. The first kappa shape index (κ1) is 13.8. The first-order chi connectivity index (χ1) is 9.58. The molecule has 0 bridgehead atoms. The van der Waals surface area contributed by atoms with Crippen molar-refractivity contribution < 1.29 is 14.7 Å². The van der Waals surface area contributed by atoms with Crippen LogP contribution < -0.4 is 10.6 Å². The standard InChI is InChI=1S/C14H15N3O3/c1-9(10-5-3-2-4-6-10)16-13(18)11-7-8-15-12(17-11)14(19)20/h2-7,9H,8H2,1H3,(H,15,17)(H,16,18)(H,19,20)/t9-/m1/s1. The Morgan fingerprint density at radius 3 is 2.70 bits per heavy atom. The number of aliphatic carboxylic acids is 1. The van der Waals surface area contributed by atoms with Gasteiger partial charge in [-0.1, -0.05) is 30.3 Å². The van der Waals surface area contributed by atoms with Gasteiger partial charge in [-0.05, 0) is 18.6 Å². The highest BCUT2D eigenvalue weighted by molar-refractivity contribution is 6.35. The Hall–Kier alpha value is -2.63. The minimum Gasteiger partial charge on any atom is -0.475 e. The predicted molar refractivity (Wildman–Crippen MR) is 74.2 cm³/mol. The normalized spacial score (nSPS) is 15.4. The minimum atomic E-state index is -1.18. The van der Waals surface area contributed by atoms with E-state index in [1.807, 2.05) is 37.3 Å². The van der Waals surface area contributed by atoms with Gasteiger partial charge in [0.25, 0.3) is 5.91 Å². The van der Waals surface area contributed by atoms with Crippen LogP contribution in [0.15, 0.2) is 47.1 Å². The van der Waals surface area contributed by atoms with E-state index in [0.29, 0.717) is 0 Å². The van der Waals surface area contributed by atoms with E-state index in [0.717, 1.165) is 5.56 Å². The molecule has 3 N–H and O–H groups in total. The van der Waals surface area contributed by atoms with Gasteiger partial charge in [0.2, 0.25) is 5.84 Å². The van der Waals surface area contributed by atoms with Gasteiger partial charge in [0.15, 0.2) is 0 Å². The Kier molecular flexibility index (Phi) is 4.14. The number of amidine groups is 1. The lowest BCUT2D eigenvalue weighted by molar-refractivity contribution is -0.129. The summed E-state index contributed by atoms with van der Waals surface area (Å²) in [7, 11) is 0. The summed E-state index contributed by atoms with van der Waals surface area (Å²) in [5.74, 6) is -1.75. The molecule has 6 nitrogen and oxygen atoms in total. The van der Waals surface area contributed by atoms with Gasteiger partial charge in [-0.2, -0.15) is 0 Å². The van der Waals surface area contributed by atoms with Crippen molar-refractivity contribution in [2.45, 2.75) is 13.0 Å². The quantitative estimate of drug-likeness (QED) is 0.758. The maximum atomic E-state index is 12.1. The van der Waals surface area contributed by atoms with E-state index in [1.54, 1.807) is 6.08 Å². The van der Waals surface area contributed by atoms with Crippen molar-refractivity contribution in [3.05, 3.63) is 47.7 Å². The Balaban J connectivity index is 1.99. The number of rotatable bonds is 4. The van der Waals surface area contributed by atoms with E-state index in [2.05, 4.69) is 15.6 Å². The Morgan fingerprint density at radius 2 is 2.05 bits per heavy atom. The van der Waals surface area contributed by atoms with Crippen molar-refractivity contribution in [2.75, 3.05) is 6.54 Å². The van der Waals surface area contributed by atoms with Gasteiger partial charge in [-0.3, -0.25) is 9.79 Å². The summed E-state index contributed by atoms with van der Waals surface area (Å²) in [6.07, 6.45) is 1.56. The molecule has 1 atom stereocenters. The molecule has 1 heterocycles. The highest BCUT2D eigenvalue weighted by atomic mass is 16.4. The van der Waals surface area contributed by atoms with Crippen LogP contribution in [-0.2, 0) is 9.59 Å². The largest absolute Gasteiger partial charge is 0.475 e.